The Hall–Kier alpha value is -3.13. The number of nitrogens with one attached hydrogen (secondary N) is 2. The van der Waals surface area contributed by atoms with Crippen LogP contribution in [0.2, 0.25) is 0 Å². The average Bonchev–Trinajstić information content (AvgIpc) is 3.14. The van der Waals surface area contributed by atoms with E-state index in [1.807, 2.05) is 49.4 Å². The number of ether oxygens (including phenoxy) is 2. The normalized spacial score (nSPS) is 12.1. The standard InChI is InChI=1S/C21H24N4O3S/c1-4-11-28-18-12-15(9-10-17(18)27-3)13-22-25-20(26)14(2)23-21-24-16-7-5-6-8-19(16)29-21/h5-10,12-14H,4,11H2,1-3H3,(H,23,24)(H,25,26)/b22-13-/t14-/m0/s1. The number of hydrazone groups is 1. The fraction of sp³-hybridized carbons (Fsp3) is 0.286. The molecule has 2 aromatic carbocycles. The Morgan fingerprint density at radius 2 is 2.10 bits per heavy atom. The van der Waals surface area contributed by atoms with Gasteiger partial charge in [-0.15, -0.1) is 0 Å². The molecule has 2 N–H and O–H groups in total. The number of para-hydroxylation sites is 1. The van der Waals surface area contributed by atoms with Gasteiger partial charge in [0.05, 0.1) is 30.1 Å². The van der Waals surface area contributed by atoms with Crippen LogP contribution in [-0.4, -0.2) is 36.9 Å². The number of rotatable bonds is 9. The molecule has 8 heteroatoms. The Morgan fingerprint density at radius 1 is 1.28 bits per heavy atom. The Balaban J connectivity index is 1.58. The summed E-state index contributed by atoms with van der Waals surface area (Å²) >= 11 is 1.51. The number of methoxy groups -OCH3 is 1. The maximum absolute atomic E-state index is 12.3. The van der Waals surface area contributed by atoms with Crippen molar-refractivity contribution in [3.05, 3.63) is 48.0 Å². The number of hydrogen-bond donors (Lipinski definition) is 2. The Bertz CT molecular complexity index is 970. The molecule has 0 fully saturated rings. The minimum Gasteiger partial charge on any atom is -0.493 e. The van der Waals surface area contributed by atoms with Gasteiger partial charge in [0.15, 0.2) is 16.6 Å². The van der Waals surface area contributed by atoms with Crippen LogP contribution in [0.15, 0.2) is 47.6 Å². The van der Waals surface area contributed by atoms with Crippen LogP contribution in [0.25, 0.3) is 10.2 Å². The van der Waals surface area contributed by atoms with Crippen LogP contribution in [0.3, 0.4) is 0 Å². The van der Waals surface area contributed by atoms with Crippen molar-refractivity contribution in [2.45, 2.75) is 26.3 Å². The lowest BCUT2D eigenvalue weighted by Crippen LogP contribution is -2.34. The van der Waals surface area contributed by atoms with Gasteiger partial charge in [-0.25, -0.2) is 10.4 Å². The van der Waals surface area contributed by atoms with Crippen molar-refractivity contribution in [3.63, 3.8) is 0 Å². The molecular formula is C21H24N4O3S. The van der Waals surface area contributed by atoms with Crippen LogP contribution in [0.5, 0.6) is 11.5 Å². The van der Waals surface area contributed by atoms with Gasteiger partial charge in [-0.05, 0) is 49.2 Å². The fourth-order valence-corrected chi connectivity index (χ4v) is 3.50. The van der Waals surface area contributed by atoms with Crippen molar-refractivity contribution >= 4 is 38.8 Å². The third-order valence-electron chi connectivity index (χ3n) is 4.06. The van der Waals surface area contributed by atoms with Crippen LogP contribution < -0.4 is 20.2 Å². The predicted octanol–water partition coefficient (Wildman–Crippen LogP) is 4.04. The third kappa shape index (κ3) is 5.45. The van der Waals surface area contributed by atoms with E-state index in [9.17, 15) is 4.79 Å². The molecule has 152 valence electrons. The maximum atomic E-state index is 12.3. The van der Waals surface area contributed by atoms with Crippen molar-refractivity contribution in [1.29, 1.82) is 0 Å². The SMILES string of the molecule is CCCOc1cc(/C=N\NC(=O)[C@H](C)Nc2nc3ccccc3s2)ccc1OC. The number of amides is 1. The molecule has 1 amide bonds. The number of thiazole rings is 1. The summed E-state index contributed by atoms with van der Waals surface area (Å²) in [5, 5.41) is 7.86. The van der Waals surface area contributed by atoms with Gasteiger partial charge >= 0.3 is 0 Å². The van der Waals surface area contributed by atoms with Gasteiger partial charge in [0.1, 0.15) is 6.04 Å². The molecule has 0 bridgehead atoms. The first kappa shape index (κ1) is 20.6. The molecule has 1 heterocycles. The summed E-state index contributed by atoms with van der Waals surface area (Å²) in [4.78, 5) is 16.8. The number of aromatic nitrogens is 1. The van der Waals surface area contributed by atoms with Crippen molar-refractivity contribution in [2.75, 3.05) is 19.0 Å². The predicted molar refractivity (Wildman–Crippen MR) is 117 cm³/mol. The minimum absolute atomic E-state index is 0.253. The van der Waals surface area contributed by atoms with Crippen LogP contribution in [0, 0.1) is 0 Å². The Morgan fingerprint density at radius 3 is 2.86 bits per heavy atom. The summed E-state index contributed by atoms with van der Waals surface area (Å²) in [7, 11) is 1.60. The van der Waals surface area contributed by atoms with Crippen LogP contribution in [-0.2, 0) is 4.79 Å². The zero-order valence-electron chi connectivity index (χ0n) is 16.6. The van der Waals surface area contributed by atoms with E-state index >= 15 is 0 Å². The number of nitrogens with zero attached hydrogens (tertiary/aromatic N) is 2. The van der Waals surface area contributed by atoms with Gasteiger partial charge in [0, 0.05) is 0 Å². The van der Waals surface area contributed by atoms with Crippen molar-refractivity contribution < 1.29 is 14.3 Å². The monoisotopic (exact) mass is 412 g/mol. The van der Waals surface area contributed by atoms with Crippen molar-refractivity contribution in [1.82, 2.24) is 10.4 Å². The van der Waals surface area contributed by atoms with E-state index in [1.165, 1.54) is 11.3 Å². The number of carbonyl (C=O) groups excluding carboxylic acids is 1. The molecule has 3 rings (SSSR count). The molecule has 29 heavy (non-hydrogen) atoms. The molecule has 0 aliphatic heterocycles. The molecule has 0 unspecified atom stereocenters. The molecule has 0 aliphatic rings. The lowest BCUT2D eigenvalue weighted by molar-refractivity contribution is -0.121. The highest BCUT2D eigenvalue weighted by Gasteiger charge is 2.14. The molecule has 7 nitrogen and oxygen atoms in total. The highest BCUT2D eigenvalue weighted by atomic mass is 32.1. The molecule has 3 aromatic rings. The average molecular weight is 413 g/mol. The first-order valence-electron chi connectivity index (χ1n) is 9.36. The zero-order valence-corrected chi connectivity index (χ0v) is 17.5. The Labute approximate surface area is 173 Å². The number of benzene rings is 2. The van der Waals surface area contributed by atoms with Gasteiger partial charge in [0.2, 0.25) is 0 Å². The van der Waals surface area contributed by atoms with E-state index < -0.39 is 6.04 Å². The fourth-order valence-electron chi connectivity index (χ4n) is 2.55. The van der Waals surface area contributed by atoms with E-state index in [0.29, 0.717) is 23.2 Å². The quantitative estimate of drug-likeness (QED) is 0.409. The van der Waals surface area contributed by atoms with E-state index in [4.69, 9.17) is 9.47 Å². The number of hydrogen-bond acceptors (Lipinski definition) is 7. The van der Waals surface area contributed by atoms with Gasteiger partial charge < -0.3 is 14.8 Å². The highest BCUT2D eigenvalue weighted by molar-refractivity contribution is 7.22. The number of anilines is 1. The van der Waals surface area contributed by atoms with Crippen molar-refractivity contribution in [2.24, 2.45) is 5.10 Å². The second-order valence-corrected chi connectivity index (χ2v) is 7.38. The number of carbonyl (C=O) groups is 1. The van der Waals surface area contributed by atoms with Gasteiger partial charge in [-0.2, -0.15) is 5.10 Å². The van der Waals surface area contributed by atoms with Crippen LogP contribution in [0.4, 0.5) is 5.13 Å². The second kappa shape index (κ2) is 9.88. The van der Waals surface area contributed by atoms with E-state index in [2.05, 4.69) is 20.8 Å². The Kier molecular flexibility index (Phi) is 7.02. The zero-order chi connectivity index (χ0) is 20.6. The second-order valence-electron chi connectivity index (χ2n) is 6.35. The molecule has 1 atom stereocenters. The van der Waals surface area contributed by atoms with Gasteiger partial charge in [0.25, 0.3) is 5.91 Å². The van der Waals surface area contributed by atoms with Gasteiger partial charge in [-0.3, -0.25) is 4.79 Å². The van der Waals surface area contributed by atoms with E-state index in [-0.39, 0.29) is 5.91 Å². The summed E-state index contributed by atoms with van der Waals surface area (Å²) in [6.07, 6.45) is 2.47. The van der Waals surface area contributed by atoms with Crippen LogP contribution >= 0.6 is 11.3 Å². The summed E-state index contributed by atoms with van der Waals surface area (Å²) in [5.74, 6) is 1.06. The molecule has 0 aliphatic carbocycles. The minimum atomic E-state index is -0.480. The lowest BCUT2D eigenvalue weighted by Gasteiger charge is -2.11. The highest BCUT2D eigenvalue weighted by Crippen LogP contribution is 2.28. The van der Waals surface area contributed by atoms with Crippen LogP contribution in [0.1, 0.15) is 25.8 Å². The first-order chi connectivity index (χ1) is 14.1. The molecule has 1 aromatic heterocycles. The smallest absolute Gasteiger partial charge is 0.262 e. The largest absolute Gasteiger partial charge is 0.493 e. The summed E-state index contributed by atoms with van der Waals surface area (Å²) in [5.41, 5.74) is 4.25. The van der Waals surface area contributed by atoms with Gasteiger partial charge in [-0.1, -0.05) is 30.4 Å². The molecule has 0 spiro atoms. The summed E-state index contributed by atoms with van der Waals surface area (Å²) < 4.78 is 12.1. The van der Waals surface area contributed by atoms with E-state index in [1.54, 1.807) is 20.2 Å². The topological polar surface area (TPSA) is 84.8 Å². The number of fused-ring (bicyclic) bond motifs is 1. The summed E-state index contributed by atoms with van der Waals surface area (Å²) in [6, 6.07) is 12.8. The summed E-state index contributed by atoms with van der Waals surface area (Å²) in [6.45, 7) is 4.40. The lowest BCUT2D eigenvalue weighted by atomic mass is 10.2. The molecule has 0 radical (unpaired) electrons. The maximum Gasteiger partial charge on any atom is 0.262 e. The third-order valence-corrected chi connectivity index (χ3v) is 5.03. The first-order valence-corrected chi connectivity index (χ1v) is 10.2. The molecular weight excluding hydrogens is 388 g/mol. The molecule has 0 saturated heterocycles. The van der Waals surface area contributed by atoms with E-state index in [0.717, 1.165) is 22.2 Å². The van der Waals surface area contributed by atoms with Crippen molar-refractivity contribution in [3.8, 4) is 11.5 Å². The molecule has 0 saturated carbocycles.